The van der Waals surface area contributed by atoms with E-state index in [9.17, 15) is 14.9 Å². The van der Waals surface area contributed by atoms with Crippen LogP contribution < -0.4 is 4.74 Å². The maximum atomic E-state index is 11.8. The quantitative estimate of drug-likeness (QED) is 0.432. The number of nitrogens with zero attached hydrogens (tertiary/aromatic N) is 1. The fourth-order valence-electron chi connectivity index (χ4n) is 1.53. The van der Waals surface area contributed by atoms with E-state index < -0.39 is 4.92 Å². The van der Waals surface area contributed by atoms with E-state index in [1.54, 1.807) is 38.3 Å². The SMILES string of the molecule is COc1ccc(C(=O)C[C@H](C)C[N+](=O)[O-])cc1. The van der Waals surface area contributed by atoms with Crippen molar-refractivity contribution in [2.75, 3.05) is 13.7 Å². The second kappa shape index (κ2) is 5.98. The molecule has 0 unspecified atom stereocenters. The molecule has 1 atom stereocenters. The average molecular weight is 237 g/mol. The Labute approximate surface area is 99.5 Å². The number of nitro groups is 1. The van der Waals surface area contributed by atoms with E-state index in [0.29, 0.717) is 11.3 Å². The molecule has 5 nitrogen and oxygen atoms in total. The van der Waals surface area contributed by atoms with E-state index in [4.69, 9.17) is 4.74 Å². The molecule has 0 bridgehead atoms. The van der Waals surface area contributed by atoms with Crippen LogP contribution in [0.5, 0.6) is 5.75 Å². The Balaban J connectivity index is 2.60. The predicted molar refractivity (Wildman–Crippen MR) is 63.0 cm³/mol. The number of Topliss-reactive ketones (excluding diaryl/α,β-unsaturated/α-hetero) is 1. The summed E-state index contributed by atoms with van der Waals surface area (Å²) in [5.74, 6) is 0.349. The van der Waals surface area contributed by atoms with Crippen molar-refractivity contribution < 1.29 is 14.5 Å². The van der Waals surface area contributed by atoms with Gasteiger partial charge in [-0.3, -0.25) is 14.9 Å². The van der Waals surface area contributed by atoms with E-state index in [1.165, 1.54) is 0 Å². The summed E-state index contributed by atoms with van der Waals surface area (Å²) < 4.78 is 4.98. The number of ketones is 1. The molecule has 0 spiro atoms. The molecule has 0 saturated carbocycles. The molecule has 0 aromatic heterocycles. The minimum absolute atomic E-state index is 0.0815. The van der Waals surface area contributed by atoms with Gasteiger partial charge in [-0.2, -0.15) is 0 Å². The van der Waals surface area contributed by atoms with Crippen LogP contribution in [0.2, 0.25) is 0 Å². The monoisotopic (exact) mass is 237 g/mol. The highest BCUT2D eigenvalue weighted by Gasteiger charge is 2.15. The molecular formula is C12H15NO4. The number of rotatable bonds is 6. The van der Waals surface area contributed by atoms with Crippen LogP contribution in [0, 0.1) is 16.0 Å². The lowest BCUT2D eigenvalue weighted by atomic mass is 10.00. The van der Waals surface area contributed by atoms with Gasteiger partial charge in [0.1, 0.15) is 5.75 Å². The van der Waals surface area contributed by atoms with Crippen molar-refractivity contribution in [2.24, 2.45) is 5.92 Å². The van der Waals surface area contributed by atoms with Crippen LogP contribution in [0.25, 0.3) is 0 Å². The van der Waals surface area contributed by atoms with Gasteiger partial charge in [0.15, 0.2) is 5.78 Å². The molecule has 0 amide bonds. The number of benzene rings is 1. The largest absolute Gasteiger partial charge is 0.497 e. The zero-order valence-electron chi connectivity index (χ0n) is 9.88. The number of hydrogen-bond acceptors (Lipinski definition) is 4. The number of ether oxygens (including phenoxy) is 1. The second-order valence-electron chi connectivity index (χ2n) is 3.98. The third-order valence-corrected chi connectivity index (χ3v) is 2.41. The molecule has 17 heavy (non-hydrogen) atoms. The van der Waals surface area contributed by atoms with Crippen LogP contribution in [0.3, 0.4) is 0 Å². The van der Waals surface area contributed by atoms with Gasteiger partial charge in [0.25, 0.3) is 0 Å². The zero-order chi connectivity index (χ0) is 12.8. The van der Waals surface area contributed by atoms with Crippen molar-refractivity contribution in [2.45, 2.75) is 13.3 Å². The van der Waals surface area contributed by atoms with Crippen molar-refractivity contribution in [1.29, 1.82) is 0 Å². The molecular weight excluding hydrogens is 222 g/mol. The molecule has 0 N–H and O–H groups in total. The minimum Gasteiger partial charge on any atom is -0.497 e. The Hall–Kier alpha value is -1.91. The number of methoxy groups -OCH3 is 1. The van der Waals surface area contributed by atoms with Gasteiger partial charge >= 0.3 is 0 Å². The standard InChI is InChI=1S/C12H15NO4/c1-9(8-13(15)16)7-12(14)10-3-5-11(17-2)6-4-10/h3-6,9H,7-8H2,1-2H3/t9-/m0/s1. The molecule has 0 saturated heterocycles. The van der Waals surface area contributed by atoms with Gasteiger partial charge in [-0.25, -0.2) is 0 Å². The third kappa shape index (κ3) is 4.22. The summed E-state index contributed by atoms with van der Waals surface area (Å²) in [6, 6.07) is 6.73. The maximum absolute atomic E-state index is 11.8. The first-order valence-corrected chi connectivity index (χ1v) is 5.32. The van der Waals surface area contributed by atoms with Gasteiger partial charge < -0.3 is 4.74 Å². The first-order chi connectivity index (χ1) is 8.02. The Bertz CT molecular complexity index is 399. The Kier molecular flexibility index (Phi) is 4.63. The van der Waals surface area contributed by atoms with Crippen molar-refractivity contribution in [3.63, 3.8) is 0 Å². The molecule has 92 valence electrons. The Morgan fingerprint density at radius 1 is 1.41 bits per heavy atom. The van der Waals surface area contributed by atoms with Crippen LogP contribution in [-0.2, 0) is 0 Å². The molecule has 1 aromatic carbocycles. The lowest BCUT2D eigenvalue weighted by molar-refractivity contribution is -0.487. The fraction of sp³-hybridized carbons (Fsp3) is 0.417. The summed E-state index contributed by atoms with van der Waals surface area (Å²) >= 11 is 0. The Morgan fingerprint density at radius 3 is 2.47 bits per heavy atom. The van der Waals surface area contributed by atoms with Crippen LogP contribution in [0.4, 0.5) is 0 Å². The number of carbonyl (C=O) groups excluding carboxylic acids is 1. The Morgan fingerprint density at radius 2 is 2.00 bits per heavy atom. The summed E-state index contributed by atoms with van der Waals surface area (Å²) in [6.45, 7) is 1.52. The van der Waals surface area contributed by atoms with Gasteiger partial charge in [0.2, 0.25) is 6.54 Å². The maximum Gasteiger partial charge on any atom is 0.206 e. The molecule has 1 aromatic rings. The summed E-state index contributed by atoms with van der Waals surface area (Å²) in [4.78, 5) is 21.7. The highest BCUT2D eigenvalue weighted by molar-refractivity contribution is 5.96. The normalized spacial score (nSPS) is 11.9. The highest BCUT2D eigenvalue weighted by Crippen LogP contribution is 2.15. The smallest absolute Gasteiger partial charge is 0.206 e. The minimum atomic E-state index is -0.397. The van der Waals surface area contributed by atoms with E-state index in [-0.39, 0.29) is 24.7 Å². The number of hydrogen-bond donors (Lipinski definition) is 0. The highest BCUT2D eigenvalue weighted by atomic mass is 16.6. The lowest BCUT2D eigenvalue weighted by Crippen LogP contribution is -2.15. The lowest BCUT2D eigenvalue weighted by Gasteiger charge is -2.06. The van der Waals surface area contributed by atoms with Crippen molar-refractivity contribution in [3.05, 3.63) is 39.9 Å². The summed E-state index contributed by atoms with van der Waals surface area (Å²) in [5.41, 5.74) is 0.556. The molecule has 0 radical (unpaired) electrons. The molecule has 0 aliphatic carbocycles. The van der Waals surface area contributed by atoms with Crippen molar-refractivity contribution in [1.82, 2.24) is 0 Å². The zero-order valence-corrected chi connectivity index (χ0v) is 9.88. The third-order valence-electron chi connectivity index (χ3n) is 2.41. The van der Waals surface area contributed by atoms with E-state index in [2.05, 4.69) is 0 Å². The summed E-state index contributed by atoms with van der Waals surface area (Å²) in [5, 5.41) is 10.3. The summed E-state index contributed by atoms with van der Waals surface area (Å²) in [6.07, 6.45) is 0.188. The topological polar surface area (TPSA) is 69.4 Å². The summed E-state index contributed by atoms with van der Waals surface area (Å²) in [7, 11) is 1.55. The molecule has 1 rings (SSSR count). The second-order valence-corrected chi connectivity index (χ2v) is 3.98. The predicted octanol–water partition coefficient (Wildman–Crippen LogP) is 2.18. The first-order valence-electron chi connectivity index (χ1n) is 5.32. The van der Waals surface area contributed by atoms with Crippen LogP contribution in [-0.4, -0.2) is 24.4 Å². The van der Waals surface area contributed by atoms with E-state index >= 15 is 0 Å². The molecule has 5 heteroatoms. The molecule has 0 aliphatic rings. The number of carbonyl (C=O) groups is 1. The van der Waals surface area contributed by atoms with Gasteiger partial charge in [-0.15, -0.1) is 0 Å². The van der Waals surface area contributed by atoms with Gasteiger partial charge in [0.05, 0.1) is 7.11 Å². The van der Waals surface area contributed by atoms with Gasteiger partial charge in [0, 0.05) is 22.8 Å². The van der Waals surface area contributed by atoms with E-state index in [1.807, 2.05) is 0 Å². The van der Waals surface area contributed by atoms with Gasteiger partial charge in [-0.05, 0) is 24.3 Å². The molecule has 0 aliphatic heterocycles. The van der Waals surface area contributed by atoms with Crippen LogP contribution in [0.1, 0.15) is 23.7 Å². The van der Waals surface area contributed by atoms with Crippen LogP contribution in [0.15, 0.2) is 24.3 Å². The molecule has 0 fully saturated rings. The average Bonchev–Trinajstić information content (AvgIpc) is 2.28. The molecule has 0 heterocycles. The first kappa shape index (κ1) is 13.2. The van der Waals surface area contributed by atoms with Crippen LogP contribution >= 0.6 is 0 Å². The van der Waals surface area contributed by atoms with Crippen molar-refractivity contribution in [3.8, 4) is 5.75 Å². The fourth-order valence-corrected chi connectivity index (χ4v) is 1.53. The van der Waals surface area contributed by atoms with E-state index in [0.717, 1.165) is 0 Å². The van der Waals surface area contributed by atoms with Crippen molar-refractivity contribution >= 4 is 5.78 Å². The van der Waals surface area contributed by atoms with Gasteiger partial charge in [-0.1, -0.05) is 6.92 Å².